The van der Waals surface area contributed by atoms with Crippen LogP contribution in [0.2, 0.25) is 0 Å². The summed E-state index contributed by atoms with van der Waals surface area (Å²) in [6.07, 6.45) is 2.32. The quantitative estimate of drug-likeness (QED) is 0.806. The lowest BCUT2D eigenvalue weighted by Gasteiger charge is -2.34. The predicted octanol–water partition coefficient (Wildman–Crippen LogP) is 1.82. The van der Waals surface area contributed by atoms with Crippen molar-refractivity contribution in [2.45, 2.75) is 71.6 Å². The molecule has 18 heavy (non-hydrogen) atoms. The third-order valence-corrected chi connectivity index (χ3v) is 3.10. The second-order valence-corrected chi connectivity index (χ2v) is 7.17. The van der Waals surface area contributed by atoms with E-state index in [9.17, 15) is 4.79 Å². The van der Waals surface area contributed by atoms with E-state index in [1.165, 1.54) is 0 Å². The van der Waals surface area contributed by atoms with Crippen molar-refractivity contribution in [3.8, 4) is 0 Å². The molecule has 1 fully saturated rings. The van der Waals surface area contributed by atoms with Crippen LogP contribution in [0.5, 0.6) is 0 Å². The van der Waals surface area contributed by atoms with Crippen LogP contribution in [-0.2, 0) is 9.53 Å². The number of amides is 1. The van der Waals surface area contributed by atoms with Gasteiger partial charge in [0.25, 0.3) is 0 Å². The molecule has 4 nitrogen and oxygen atoms in total. The Bertz CT molecular complexity index is 295. The van der Waals surface area contributed by atoms with E-state index in [1.54, 1.807) is 0 Å². The van der Waals surface area contributed by atoms with Gasteiger partial charge in [0.2, 0.25) is 5.91 Å². The number of carbonyl (C=O) groups excluding carboxylic acids is 1. The van der Waals surface area contributed by atoms with Crippen LogP contribution in [0.15, 0.2) is 0 Å². The topological polar surface area (TPSA) is 64.4 Å². The number of hydrogen-bond donors (Lipinski definition) is 2. The molecule has 0 spiro atoms. The van der Waals surface area contributed by atoms with Gasteiger partial charge in [-0.25, -0.2) is 0 Å². The molecule has 1 aliphatic heterocycles. The third kappa shape index (κ3) is 4.94. The van der Waals surface area contributed by atoms with Crippen LogP contribution >= 0.6 is 0 Å². The maximum Gasteiger partial charge on any atom is 0.249 e. The summed E-state index contributed by atoms with van der Waals surface area (Å²) in [7, 11) is 0. The van der Waals surface area contributed by atoms with E-state index >= 15 is 0 Å². The molecule has 1 rings (SSSR count). The van der Waals surface area contributed by atoms with Crippen molar-refractivity contribution in [2.24, 2.45) is 11.1 Å². The SMILES string of the molecule is CC(C)(C)CC(C)(C)NC(=O)C1CCC(CN)O1. The molecule has 0 radical (unpaired) electrons. The first-order chi connectivity index (χ1) is 8.13. The summed E-state index contributed by atoms with van der Waals surface area (Å²) in [5.74, 6) is 0.000185. The predicted molar refractivity (Wildman–Crippen MR) is 73.2 cm³/mol. The van der Waals surface area contributed by atoms with Gasteiger partial charge in [-0.3, -0.25) is 4.79 Å². The van der Waals surface area contributed by atoms with Crippen molar-refractivity contribution in [1.29, 1.82) is 0 Å². The van der Waals surface area contributed by atoms with Crippen molar-refractivity contribution < 1.29 is 9.53 Å². The molecule has 1 aliphatic rings. The Labute approximate surface area is 111 Å². The van der Waals surface area contributed by atoms with Crippen LogP contribution in [0.3, 0.4) is 0 Å². The Morgan fingerprint density at radius 3 is 2.33 bits per heavy atom. The molecule has 0 saturated carbocycles. The maximum absolute atomic E-state index is 12.1. The molecule has 0 bridgehead atoms. The van der Waals surface area contributed by atoms with E-state index in [4.69, 9.17) is 10.5 Å². The van der Waals surface area contributed by atoms with Gasteiger partial charge in [-0.05, 0) is 38.5 Å². The molecule has 3 N–H and O–H groups in total. The Morgan fingerprint density at radius 1 is 1.28 bits per heavy atom. The molecule has 0 aromatic carbocycles. The van der Waals surface area contributed by atoms with Crippen molar-refractivity contribution in [1.82, 2.24) is 5.32 Å². The zero-order valence-electron chi connectivity index (χ0n) is 12.4. The monoisotopic (exact) mass is 256 g/mol. The van der Waals surface area contributed by atoms with Gasteiger partial charge >= 0.3 is 0 Å². The maximum atomic E-state index is 12.1. The molecular formula is C14H28N2O2. The fraction of sp³-hybridized carbons (Fsp3) is 0.929. The van der Waals surface area contributed by atoms with E-state index in [0.717, 1.165) is 19.3 Å². The van der Waals surface area contributed by atoms with Crippen LogP contribution in [-0.4, -0.2) is 30.2 Å². The smallest absolute Gasteiger partial charge is 0.249 e. The molecule has 1 amide bonds. The zero-order valence-corrected chi connectivity index (χ0v) is 12.4. The number of hydrogen-bond acceptors (Lipinski definition) is 3. The fourth-order valence-electron chi connectivity index (χ4n) is 2.86. The summed E-state index contributed by atoms with van der Waals surface area (Å²) in [5, 5.41) is 3.09. The molecule has 2 atom stereocenters. The first-order valence-electron chi connectivity index (χ1n) is 6.80. The summed E-state index contributed by atoms with van der Waals surface area (Å²) < 4.78 is 5.61. The highest BCUT2D eigenvalue weighted by atomic mass is 16.5. The molecule has 1 saturated heterocycles. The van der Waals surface area contributed by atoms with Gasteiger partial charge in [0.15, 0.2) is 0 Å². The standard InChI is InChI=1S/C14H28N2O2/c1-13(2,3)9-14(4,5)16-12(17)11-7-6-10(8-15)18-11/h10-11H,6-9,15H2,1-5H3,(H,16,17). The van der Waals surface area contributed by atoms with E-state index in [0.29, 0.717) is 6.54 Å². The molecular weight excluding hydrogens is 228 g/mol. The Morgan fingerprint density at radius 2 is 1.89 bits per heavy atom. The highest BCUT2D eigenvalue weighted by Crippen LogP contribution is 2.27. The Hall–Kier alpha value is -0.610. The zero-order chi connectivity index (χ0) is 14.0. The van der Waals surface area contributed by atoms with Crippen LogP contribution in [0, 0.1) is 5.41 Å². The molecule has 2 unspecified atom stereocenters. The first kappa shape index (κ1) is 15.4. The second-order valence-electron chi connectivity index (χ2n) is 7.17. The Balaban J connectivity index is 2.49. The fourth-order valence-corrected chi connectivity index (χ4v) is 2.86. The number of rotatable bonds is 4. The van der Waals surface area contributed by atoms with Gasteiger partial charge in [-0.2, -0.15) is 0 Å². The average Bonchev–Trinajstić information content (AvgIpc) is 2.60. The molecule has 0 aromatic heterocycles. The summed E-state index contributed by atoms with van der Waals surface area (Å²) in [5.41, 5.74) is 5.53. The van der Waals surface area contributed by atoms with Gasteiger partial charge in [0, 0.05) is 12.1 Å². The lowest BCUT2D eigenvalue weighted by atomic mass is 9.81. The first-order valence-corrected chi connectivity index (χ1v) is 6.80. The van der Waals surface area contributed by atoms with Crippen LogP contribution < -0.4 is 11.1 Å². The highest BCUT2D eigenvalue weighted by molar-refractivity contribution is 5.81. The number of ether oxygens (including phenoxy) is 1. The largest absolute Gasteiger partial charge is 0.364 e. The summed E-state index contributed by atoms with van der Waals surface area (Å²) in [4.78, 5) is 12.1. The molecule has 106 valence electrons. The molecule has 4 heteroatoms. The average molecular weight is 256 g/mol. The number of carbonyl (C=O) groups is 1. The lowest BCUT2D eigenvalue weighted by Crippen LogP contribution is -2.49. The van der Waals surface area contributed by atoms with Gasteiger partial charge in [-0.15, -0.1) is 0 Å². The molecule has 0 aromatic rings. The minimum absolute atomic E-state index is 0.000185. The minimum Gasteiger partial charge on any atom is -0.364 e. The van der Waals surface area contributed by atoms with E-state index in [-0.39, 0.29) is 29.1 Å². The van der Waals surface area contributed by atoms with Gasteiger partial charge in [0.1, 0.15) is 6.10 Å². The van der Waals surface area contributed by atoms with Gasteiger partial charge in [-0.1, -0.05) is 20.8 Å². The normalized spacial score (nSPS) is 25.2. The van der Waals surface area contributed by atoms with E-state index in [2.05, 4.69) is 39.9 Å². The Kier molecular flexibility index (Phi) is 4.78. The van der Waals surface area contributed by atoms with Crippen molar-refractivity contribution >= 4 is 5.91 Å². The molecule has 0 aliphatic carbocycles. The third-order valence-electron chi connectivity index (χ3n) is 3.10. The number of nitrogens with one attached hydrogen (secondary N) is 1. The van der Waals surface area contributed by atoms with Crippen molar-refractivity contribution in [2.75, 3.05) is 6.54 Å². The minimum atomic E-state index is -0.321. The van der Waals surface area contributed by atoms with Crippen LogP contribution in [0.25, 0.3) is 0 Å². The van der Waals surface area contributed by atoms with Gasteiger partial charge in [0.05, 0.1) is 6.10 Å². The van der Waals surface area contributed by atoms with Crippen molar-refractivity contribution in [3.63, 3.8) is 0 Å². The van der Waals surface area contributed by atoms with Crippen LogP contribution in [0.1, 0.15) is 53.9 Å². The summed E-state index contributed by atoms with van der Waals surface area (Å²) >= 11 is 0. The van der Waals surface area contributed by atoms with Crippen LogP contribution in [0.4, 0.5) is 0 Å². The second kappa shape index (κ2) is 5.57. The number of nitrogens with two attached hydrogens (primary N) is 1. The lowest BCUT2D eigenvalue weighted by molar-refractivity contribution is -0.133. The molecule has 1 heterocycles. The van der Waals surface area contributed by atoms with Gasteiger partial charge < -0.3 is 15.8 Å². The summed E-state index contributed by atoms with van der Waals surface area (Å²) in [6, 6.07) is 0. The van der Waals surface area contributed by atoms with E-state index in [1.807, 2.05) is 0 Å². The van der Waals surface area contributed by atoms with Crippen molar-refractivity contribution in [3.05, 3.63) is 0 Å². The van der Waals surface area contributed by atoms with E-state index < -0.39 is 0 Å². The summed E-state index contributed by atoms with van der Waals surface area (Å²) in [6.45, 7) is 11.2. The highest BCUT2D eigenvalue weighted by Gasteiger charge is 2.34.